The molecule has 1 aromatic heterocycles. The summed E-state index contributed by atoms with van der Waals surface area (Å²) in [6.07, 6.45) is 5.44. The highest BCUT2D eigenvalue weighted by atomic mass is 35.5. The summed E-state index contributed by atoms with van der Waals surface area (Å²) in [6.45, 7) is 4.03. The molecule has 1 atom stereocenters. The zero-order chi connectivity index (χ0) is 13.0. The lowest BCUT2D eigenvalue weighted by atomic mass is 10.0. The molecular weight excluding hydrogens is 262 g/mol. The van der Waals surface area contributed by atoms with Crippen molar-refractivity contribution in [3.63, 3.8) is 0 Å². The summed E-state index contributed by atoms with van der Waals surface area (Å²) in [5.74, 6) is 0.916. The van der Waals surface area contributed by atoms with E-state index in [2.05, 4.69) is 11.9 Å². The topological polar surface area (TPSA) is 59.2 Å². The lowest BCUT2D eigenvalue weighted by Crippen LogP contribution is -2.33. The Bertz CT molecular complexity index is 408. The molecular formula is C14H22ClN3O. The average Bonchev–Trinajstić information content (AvgIpc) is 2.57. The van der Waals surface area contributed by atoms with Crippen LogP contribution in [0.1, 0.15) is 31.9 Å². The minimum absolute atomic E-state index is 0. The summed E-state index contributed by atoms with van der Waals surface area (Å²) in [7, 11) is 0. The molecule has 0 spiro atoms. The Balaban J connectivity index is 0.00000180. The largest absolute Gasteiger partial charge is 0.397 e. The van der Waals surface area contributed by atoms with E-state index < -0.39 is 0 Å². The Kier molecular flexibility index (Phi) is 6.09. The molecule has 0 aliphatic carbocycles. The van der Waals surface area contributed by atoms with Crippen molar-refractivity contribution in [2.45, 2.75) is 32.6 Å². The third-order valence-electron chi connectivity index (χ3n) is 3.55. The van der Waals surface area contributed by atoms with Gasteiger partial charge in [0.25, 0.3) is 0 Å². The van der Waals surface area contributed by atoms with Crippen molar-refractivity contribution in [3.8, 4) is 0 Å². The molecule has 2 N–H and O–H groups in total. The van der Waals surface area contributed by atoms with Gasteiger partial charge in [-0.25, -0.2) is 0 Å². The SMILES string of the molecule is CC1CCCN(C(=O)Cc2ccc(N)cn2)CC1.Cl. The highest BCUT2D eigenvalue weighted by molar-refractivity contribution is 5.85. The summed E-state index contributed by atoms with van der Waals surface area (Å²) in [5.41, 5.74) is 7.01. The second-order valence-corrected chi connectivity index (χ2v) is 5.18. The molecule has 0 radical (unpaired) electrons. The number of pyridine rings is 1. The van der Waals surface area contributed by atoms with Gasteiger partial charge in [-0.2, -0.15) is 0 Å². The van der Waals surface area contributed by atoms with Crippen LogP contribution >= 0.6 is 12.4 Å². The van der Waals surface area contributed by atoms with Crippen molar-refractivity contribution in [1.82, 2.24) is 9.88 Å². The molecule has 4 nitrogen and oxygen atoms in total. The fraction of sp³-hybridized carbons (Fsp3) is 0.571. The molecule has 1 aliphatic heterocycles. The van der Waals surface area contributed by atoms with Crippen LogP contribution in [0.3, 0.4) is 0 Å². The highest BCUT2D eigenvalue weighted by Gasteiger charge is 2.18. The molecule has 1 amide bonds. The Morgan fingerprint density at radius 2 is 2.21 bits per heavy atom. The van der Waals surface area contributed by atoms with E-state index in [1.807, 2.05) is 11.0 Å². The first-order valence-corrected chi connectivity index (χ1v) is 6.63. The Morgan fingerprint density at radius 3 is 2.89 bits per heavy atom. The van der Waals surface area contributed by atoms with E-state index in [9.17, 15) is 4.79 Å². The number of nitrogens with zero attached hydrogens (tertiary/aromatic N) is 2. The summed E-state index contributed by atoms with van der Waals surface area (Å²) < 4.78 is 0. The average molecular weight is 284 g/mol. The number of carbonyl (C=O) groups excluding carboxylic acids is 1. The monoisotopic (exact) mass is 283 g/mol. The van der Waals surface area contributed by atoms with E-state index in [0.717, 1.165) is 37.5 Å². The van der Waals surface area contributed by atoms with Gasteiger partial charge in [0.1, 0.15) is 0 Å². The van der Waals surface area contributed by atoms with E-state index in [1.54, 1.807) is 12.3 Å². The van der Waals surface area contributed by atoms with Gasteiger partial charge in [-0.3, -0.25) is 9.78 Å². The maximum atomic E-state index is 12.2. The number of amides is 1. The zero-order valence-corrected chi connectivity index (χ0v) is 12.2. The molecule has 106 valence electrons. The minimum Gasteiger partial charge on any atom is -0.397 e. The first-order valence-electron chi connectivity index (χ1n) is 6.63. The number of aromatic nitrogens is 1. The predicted octanol–water partition coefficient (Wildman–Crippen LogP) is 2.28. The van der Waals surface area contributed by atoms with Crippen LogP contribution in [0.5, 0.6) is 0 Å². The standard InChI is InChI=1S/C14H21N3O.ClH/c1-11-3-2-7-17(8-6-11)14(18)9-13-5-4-12(15)10-16-13;/h4-5,10-11H,2-3,6-9,15H2,1H3;1H. The fourth-order valence-corrected chi connectivity index (χ4v) is 2.32. The number of nitrogens with two attached hydrogens (primary N) is 1. The van der Waals surface area contributed by atoms with E-state index >= 15 is 0 Å². The first kappa shape index (κ1) is 15.8. The van der Waals surface area contributed by atoms with Gasteiger partial charge >= 0.3 is 0 Å². The van der Waals surface area contributed by atoms with Gasteiger partial charge in [0.2, 0.25) is 5.91 Å². The molecule has 1 aromatic rings. The van der Waals surface area contributed by atoms with E-state index in [1.165, 1.54) is 6.42 Å². The number of halogens is 1. The van der Waals surface area contributed by atoms with Crippen LogP contribution in [0.15, 0.2) is 18.3 Å². The number of nitrogen functional groups attached to an aromatic ring is 1. The normalized spacial score (nSPS) is 19.4. The summed E-state index contributed by atoms with van der Waals surface area (Å²) in [6, 6.07) is 3.62. The molecule has 0 bridgehead atoms. The van der Waals surface area contributed by atoms with Crippen LogP contribution in [-0.2, 0) is 11.2 Å². The van der Waals surface area contributed by atoms with Crippen molar-refractivity contribution in [2.75, 3.05) is 18.8 Å². The van der Waals surface area contributed by atoms with Gasteiger partial charge in [0.05, 0.1) is 18.3 Å². The van der Waals surface area contributed by atoms with E-state index in [4.69, 9.17) is 5.73 Å². The van der Waals surface area contributed by atoms with Crippen LogP contribution < -0.4 is 5.73 Å². The Morgan fingerprint density at radius 1 is 1.42 bits per heavy atom. The molecule has 19 heavy (non-hydrogen) atoms. The molecule has 0 aromatic carbocycles. The van der Waals surface area contributed by atoms with Crippen LogP contribution in [0.2, 0.25) is 0 Å². The van der Waals surface area contributed by atoms with Crippen molar-refractivity contribution < 1.29 is 4.79 Å². The second kappa shape index (κ2) is 7.34. The van der Waals surface area contributed by atoms with E-state index in [-0.39, 0.29) is 18.3 Å². The van der Waals surface area contributed by atoms with Gasteiger partial charge in [0, 0.05) is 18.8 Å². The predicted molar refractivity (Wildman–Crippen MR) is 79.2 cm³/mol. The Hall–Kier alpha value is -1.29. The van der Waals surface area contributed by atoms with Crippen molar-refractivity contribution in [3.05, 3.63) is 24.0 Å². The third-order valence-corrected chi connectivity index (χ3v) is 3.55. The van der Waals surface area contributed by atoms with Gasteiger partial charge in [0.15, 0.2) is 0 Å². The van der Waals surface area contributed by atoms with Crippen molar-refractivity contribution in [2.24, 2.45) is 5.92 Å². The highest BCUT2D eigenvalue weighted by Crippen LogP contribution is 2.17. The number of carbonyl (C=O) groups is 1. The zero-order valence-electron chi connectivity index (χ0n) is 11.3. The Labute approximate surface area is 120 Å². The molecule has 2 heterocycles. The lowest BCUT2D eigenvalue weighted by molar-refractivity contribution is -0.130. The smallest absolute Gasteiger partial charge is 0.228 e. The number of anilines is 1. The summed E-state index contributed by atoms with van der Waals surface area (Å²) in [4.78, 5) is 18.3. The molecule has 2 rings (SSSR count). The van der Waals surface area contributed by atoms with Gasteiger partial charge in [-0.1, -0.05) is 6.92 Å². The third kappa shape index (κ3) is 4.71. The first-order chi connectivity index (χ1) is 8.65. The van der Waals surface area contributed by atoms with Crippen LogP contribution in [0, 0.1) is 5.92 Å². The van der Waals surface area contributed by atoms with Crippen molar-refractivity contribution >= 4 is 24.0 Å². The van der Waals surface area contributed by atoms with Crippen LogP contribution in [0.4, 0.5) is 5.69 Å². The van der Waals surface area contributed by atoms with Crippen LogP contribution in [-0.4, -0.2) is 28.9 Å². The molecule has 0 saturated carbocycles. The summed E-state index contributed by atoms with van der Waals surface area (Å²) in [5, 5.41) is 0. The number of rotatable bonds is 2. The molecule has 1 fully saturated rings. The quantitative estimate of drug-likeness (QED) is 0.906. The summed E-state index contributed by atoms with van der Waals surface area (Å²) >= 11 is 0. The molecule has 1 unspecified atom stereocenters. The van der Waals surface area contributed by atoms with Gasteiger partial charge in [-0.05, 0) is 37.3 Å². The van der Waals surface area contributed by atoms with Gasteiger partial charge in [-0.15, -0.1) is 12.4 Å². The number of hydrogen-bond acceptors (Lipinski definition) is 3. The van der Waals surface area contributed by atoms with Gasteiger partial charge < -0.3 is 10.6 Å². The molecule has 5 heteroatoms. The van der Waals surface area contributed by atoms with E-state index in [0.29, 0.717) is 12.1 Å². The second-order valence-electron chi connectivity index (χ2n) is 5.18. The van der Waals surface area contributed by atoms with Crippen molar-refractivity contribution in [1.29, 1.82) is 0 Å². The lowest BCUT2D eigenvalue weighted by Gasteiger charge is -2.20. The number of hydrogen-bond donors (Lipinski definition) is 1. The maximum Gasteiger partial charge on any atom is 0.228 e. The number of likely N-dealkylation sites (tertiary alicyclic amines) is 1. The van der Waals surface area contributed by atoms with Crippen LogP contribution in [0.25, 0.3) is 0 Å². The molecule has 1 saturated heterocycles. The molecule has 1 aliphatic rings. The maximum absolute atomic E-state index is 12.2. The fourth-order valence-electron chi connectivity index (χ4n) is 2.32. The minimum atomic E-state index is 0.